The van der Waals surface area contributed by atoms with E-state index in [0.717, 1.165) is 38.2 Å². The van der Waals surface area contributed by atoms with Crippen LogP contribution in [0.2, 0.25) is 0 Å². The first-order chi connectivity index (χ1) is 13.1. The third-order valence-electron chi connectivity index (χ3n) is 5.16. The lowest BCUT2D eigenvalue weighted by Crippen LogP contribution is -2.34. The van der Waals surface area contributed by atoms with Crippen molar-refractivity contribution in [2.45, 2.75) is 25.3 Å². The van der Waals surface area contributed by atoms with Gasteiger partial charge in [-0.1, -0.05) is 30.3 Å². The molecular weight excluding hydrogens is 356 g/mol. The standard InChI is InChI=1S/C21H24N4OS/c1-24-13-19(21(22)26)20(23-24)16-8-5-9-25(11-16)12-18-10-17(14-27-18)15-6-3-2-4-7-15/h2-4,6-7,10,13-14,16H,5,8-9,11-12H2,1H3,(H2,22,26)/t16-/m1/s1. The van der Waals surface area contributed by atoms with Crippen molar-refractivity contribution in [2.75, 3.05) is 13.1 Å². The molecule has 1 saturated heterocycles. The molecule has 140 valence electrons. The number of rotatable bonds is 5. The van der Waals surface area contributed by atoms with Crippen molar-refractivity contribution in [3.8, 4) is 11.1 Å². The average molecular weight is 381 g/mol. The highest BCUT2D eigenvalue weighted by atomic mass is 32.1. The minimum atomic E-state index is -0.388. The number of likely N-dealkylation sites (tertiary alicyclic amines) is 1. The van der Waals surface area contributed by atoms with E-state index in [4.69, 9.17) is 5.73 Å². The molecule has 1 fully saturated rings. The number of nitrogens with two attached hydrogens (primary N) is 1. The van der Waals surface area contributed by atoms with Gasteiger partial charge in [-0.05, 0) is 42.0 Å². The summed E-state index contributed by atoms with van der Waals surface area (Å²) in [6.07, 6.45) is 3.89. The third kappa shape index (κ3) is 3.96. The second kappa shape index (κ2) is 7.66. The molecule has 2 N–H and O–H groups in total. The Hall–Kier alpha value is -2.44. The van der Waals surface area contributed by atoms with Crippen LogP contribution in [0.1, 0.15) is 39.7 Å². The molecule has 0 radical (unpaired) electrons. The fraction of sp³-hybridized carbons (Fsp3) is 0.333. The second-order valence-corrected chi connectivity index (χ2v) is 8.20. The van der Waals surface area contributed by atoms with E-state index in [1.165, 1.54) is 16.0 Å². The number of hydrogen-bond donors (Lipinski definition) is 1. The molecule has 1 aromatic carbocycles. The molecule has 0 spiro atoms. The van der Waals surface area contributed by atoms with Gasteiger partial charge in [-0.3, -0.25) is 14.4 Å². The molecule has 1 amide bonds. The Morgan fingerprint density at radius 1 is 1.30 bits per heavy atom. The number of aromatic nitrogens is 2. The van der Waals surface area contributed by atoms with Gasteiger partial charge in [0.1, 0.15) is 0 Å². The highest BCUT2D eigenvalue weighted by Crippen LogP contribution is 2.31. The van der Waals surface area contributed by atoms with Crippen molar-refractivity contribution in [2.24, 2.45) is 12.8 Å². The quantitative estimate of drug-likeness (QED) is 0.735. The number of hydrogen-bond acceptors (Lipinski definition) is 4. The fourth-order valence-electron chi connectivity index (χ4n) is 3.89. The van der Waals surface area contributed by atoms with E-state index in [0.29, 0.717) is 5.56 Å². The van der Waals surface area contributed by atoms with Crippen molar-refractivity contribution in [1.29, 1.82) is 0 Å². The number of carbonyl (C=O) groups excluding carboxylic acids is 1. The molecule has 0 unspecified atom stereocenters. The van der Waals surface area contributed by atoms with E-state index in [9.17, 15) is 4.79 Å². The topological polar surface area (TPSA) is 64.2 Å². The Bertz CT molecular complexity index is 931. The summed E-state index contributed by atoms with van der Waals surface area (Å²) in [5.41, 5.74) is 9.50. The molecule has 3 aromatic rings. The lowest BCUT2D eigenvalue weighted by molar-refractivity contribution is 0.0997. The molecule has 0 bridgehead atoms. The van der Waals surface area contributed by atoms with Gasteiger partial charge in [0, 0.05) is 37.1 Å². The van der Waals surface area contributed by atoms with Crippen molar-refractivity contribution in [3.63, 3.8) is 0 Å². The smallest absolute Gasteiger partial charge is 0.252 e. The molecule has 4 rings (SSSR count). The van der Waals surface area contributed by atoms with Gasteiger partial charge in [0.2, 0.25) is 0 Å². The zero-order valence-corrected chi connectivity index (χ0v) is 16.3. The molecule has 2 aromatic heterocycles. The van der Waals surface area contributed by atoms with Crippen LogP contribution in [0.3, 0.4) is 0 Å². The van der Waals surface area contributed by atoms with Crippen molar-refractivity contribution >= 4 is 17.2 Å². The Balaban J connectivity index is 1.47. The number of aryl methyl sites for hydroxylation is 1. The van der Waals surface area contributed by atoms with Gasteiger partial charge in [-0.15, -0.1) is 11.3 Å². The number of primary amides is 1. The molecule has 1 atom stereocenters. The molecule has 1 aliphatic heterocycles. The van der Waals surface area contributed by atoms with E-state index in [1.807, 2.05) is 24.5 Å². The Morgan fingerprint density at radius 2 is 2.11 bits per heavy atom. The maximum Gasteiger partial charge on any atom is 0.252 e. The molecule has 3 heterocycles. The number of thiophene rings is 1. The van der Waals surface area contributed by atoms with Crippen LogP contribution in [-0.4, -0.2) is 33.7 Å². The van der Waals surface area contributed by atoms with Crippen LogP contribution in [0.4, 0.5) is 0 Å². The van der Waals surface area contributed by atoms with Crippen LogP contribution in [0.5, 0.6) is 0 Å². The number of benzene rings is 1. The first-order valence-corrected chi connectivity index (χ1v) is 10.2. The molecule has 6 heteroatoms. The van der Waals surface area contributed by atoms with Gasteiger partial charge in [0.15, 0.2) is 0 Å². The molecule has 27 heavy (non-hydrogen) atoms. The first kappa shape index (κ1) is 17.9. The van der Waals surface area contributed by atoms with E-state index in [1.54, 1.807) is 10.9 Å². The van der Waals surface area contributed by atoms with E-state index >= 15 is 0 Å². The zero-order chi connectivity index (χ0) is 18.8. The summed E-state index contributed by atoms with van der Waals surface area (Å²) >= 11 is 1.81. The first-order valence-electron chi connectivity index (χ1n) is 9.28. The monoisotopic (exact) mass is 380 g/mol. The van der Waals surface area contributed by atoms with E-state index in [2.05, 4.69) is 45.7 Å². The summed E-state index contributed by atoms with van der Waals surface area (Å²) in [5, 5.41) is 6.76. The summed E-state index contributed by atoms with van der Waals surface area (Å²) in [5.74, 6) is -0.128. The fourth-order valence-corrected chi connectivity index (χ4v) is 4.82. The Labute approximate surface area is 163 Å². The Morgan fingerprint density at radius 3 is 2.89 bits per heavy atom. The molecule has 0 saturated carbocycles. The maximum absolute atomic E-state index is 11.7. The summed E-state index contributed by atoms with van der Waals surface area (Å²) in [6, 6.07) is 12.8. The van der Waals surface area contributed by atoms with Gasteiger partial charge in [-0.2, -0.15) is 5.10 Å². The van der Waals surface area contributed by atoms with Gasteiger partial charge < -0.3 is 5.73 Å². The van der Waals surface area contributed by atoms with Crippen LogP contribution in [0.15, 0.2) is 48.0 Å². The normalized spacial score (nSPS) is 17.9. The predicted octanol–water partition coefficient (Wildman–Crippen LogP) is 3.63. The average Bonchev–Trinajstić information content (AvgIpc) is 3.29. The third-order valence-corrected chi connectivity index (χ3v) is 6.08. The molecule has 1 aliphatic rings. The predicted molar refractivity (Wildman–Crippen MR) is 109 cm³/mol. The highest BCUT2D eigenvalue weighted by molar-refractivity contribution is 7.10. The van der Waals surface area contributed by atoms with E-state index < -0.39 is 0 Å². The van der Waals surface area contributed by atoms with Gasteiger partial charge in [0.05, 0.1) is 11.3 Å². The number of piperidine rings is 1. The van der Waals surface area contributed by atoms with Crippen molar-refractivity contribution < 1.29 is 4.79 Å². The van der Waals surface area contributed by atoms with E-state index in [-0.39, 0.29) is 11.8 Å². The SMILES string of the molecule is Cn1cc(C(N)=O)c([C@@H]2CCCN(Cc3cc(-c4ccccc4)cs3)C2)n1. The summed E-state index contributed by atoms with van der Waals surface area (Å²) in [4.78, 5) is 15.6. The highest BCUT2D eigenvalue weighted by Gasteiger charge is 2.27. The largest absolute Gasteiger partial charge is 0.365 e. The summed E-state index contributed by atoms with van der Waals surface area (Å²) < 4.78 is 1.69. The molecule has 0 aliphatic carbocycles. The van der Waals surface area contributed by atoms with Crippen LogP contribution >= 0.6 is 11.3 Å². The zero-order valence-electron chi connectivity index (χ0n) is 15.5. The van der Waals surface area contributed by atoms with Crippen LogP contribution < -0.4 is 5.73 Å². The van der Waals surface area contributed by atoms with Gasteiger partial charge in [-0.25, -0.2) is 0 Å². The lowest BCUT2D eigenvalue weighted by atomic mass is 9.92. The number of nitrogens with zero attached hydrogens (tertiary/aromatic N) is 3. The van der Waals surface area contributed by atoms with Crippen LogP contribution in [-0.2, 0) is 13.6 Å². The summed E-state index contributed by atoms with van der Waals surface area (Å²) in [6.45, 7) is 2.93. The van der Waals surface area contributed by atoms with Gasteiger partial charge in [0.25, 0.3) is 5.91 Å². The van der Waals surface area contributed by atoms with Crippen molar-refractivity contribution in [3.05, 3.63) is 64.1 Å². The number of amides is 1. The molecular formula is C21H24N4OS. The van der Waals surface area contributed by atoms with Crippen LogP contribution in [0.25, 0.3) is 11.1 Å². The van der Waals surface area contributed by atoms with Crippen LogP contribution in [0, 0.1) is 0 Å². The maximum atomic E-state index is 11.7. The van der Waals surface area contributed by atoms with Crippen molar-refractivity contribution in [1.82, 2.24) is 14.7 Å². The summed E-state index contributed by atoms with van der Waals surface area (Å²) in [7, 11) is 1.84. The molecule has 5 nitrogen and oxygen atoms in total. The minimum Gasteiger partial charge on any atom is -0.365 e. The lowest BCUT2D eigenvalue weighted by Gasteiger charge is -2.31. The number of carbonyl (C=O) groups is 1. The Kier molecular flexibility index (Phi) is 5.09. The minimum absolute atomic E-state index is 0.260. The van der Waals surface area contributed by atoms with Gasteiger partial charge >= 0.3 is 0 Å². The second-order valence-electron chi connectivity index (χ2n) is 7.21.